The molecule has 1 aliphatic rings. The predicted molar refractivity (Wildman–Crippen MR) is 140 cm³/mol. The summed E-state index contributed by atoms with van der Waals surface area (Å²) in [6.07, 6.45) is 1.00. The summed E-state index contributed by atoms with van der Waals surface area (Å²) in [7, 11) is 0. The Hall–Kier alpha value is -2.64. The molecule has 6 heteroatoms. The molecule has 1 saturated heterocycles. The maximum atomic E-state index is 11.7. The van der Waals surface area contributed by atoms with Crippen LogP contribution in [-0.4, -0.2) is 55.4 Å². The molecular formula is C28H33N3O2S. The zero-order valence-corrected chi connectivity index (χ0v) is 20.3. The van der Waals surface area contributed by atoms with E-state index >= 15 is 0 Å². The molecule has 178 valence electrons. The smallest absolute Gasteiger partial charge is 0.235 e. The van der Waals surface area contributed by atoms with Crippen molar-refractivity contribution in [3.8, 4) is 0 Å². The first-order valence-corrected chi connectivity index (χ1v) is 12.8. The summed E-state index contributed by atoms with van der Waals surface area (Å²) >= 11 is 1.66. The van der Waals surface area contributed by atoms with Crippen LogP contribution in [0.5, 0.6) is 0 Å². The number of nitrogens with two attached hydrogens (primary N) is 2. The van der Waals surface area contributed by atoms with Crippen LogP contribution in [0.1, 0.15) is 22.3 Å². The maximum Gasteiger partial charge on any atom is 0.235 e. The third-order valence-corrected chi connectivity index (χ3v) is 8.05. The number of carbonyl (C=O) groups is 1. The number of ether oxygens (including phenoxy) is 1. The Labute approximate surface area is 206 Å². The molecule has 4 rings (SSSR count). The molecule has 1 atom stereocenters. The van der Waals surface area contributed by atoms with Crippen LogP contribution < -0.4 is 11.5 Å². The largest absolute Gasteiger partial charge is 0.379 e. The van der Waals surface area contributed by atoms with E-state index in [2.05, 4.69) is 77.7 Å². The Morgan fingerprint density at radius 3 is 1.94 bits per heavy atom. The van der Waals surface area contributed by atoms with E-state index in [1.54, 1.807) is 11.8 Å². The average molecular weight is 476 g/mol. The number of nitrogens with zero attached hydrogens (tertiary/aromatic N) is 1. The van der Waals surface area contributed by atoms with Gasteiger partial charge in [-0.2, -0.15) is 0 Å². The van der Waals surface area contributed by atoms with Crippen LogP contribution in [0.25, 0.3) is 0 Å². The summed E-state index contributed by atoms with van der Waals surface area (Å²) < 4.78 is 4.95. The van der Waals surface area contributed by atoms with Crippen molar-refractivity contribution in [2.45, 2.75) is 17.2 Å². The monoisotopic (exact) mass is 475 g/mol. The number of rotatable bonds is 10. The fourth-order valence-corrected chi connectivity index (χ4v) is 5.91. The molecule has 1 fully saturated rings. The fraction of sp³-hybridized carbons (Fsp3) is 0.321. The Bertz CT molecular complexity index is 999. The lowest BCUT2D eigenvalue weighted by molar-refractivity contribution is -0.118. The van der Waals surface area contributed by atoms with E-state index in [-0.39, 0.29) is 0 Å². The quantitative estimate of drug-likeness (QED) is 0.439. The lowest BCUT2D eigenvalue weighted by atomic mass is 9.83. The molecule has 0 unspecified atom stereocenters. The van der Waals surface area contributed by atoms with Gasteiger partial charge in [0, 0.05) is 25.4 Å². The second kappa shape index (κ2) is 11.7. The lowest BCUT2D eigenvalue weighted by Gasteiger charge is -2.36. The number of amides is 1. The summed E-state index contributed by atoms with van der Waals surface area (Å²) in [5.41, 5.74) is 16.3. The van der Waals surface area contributed by atoms with Gasteiger partial charge in [-0.05, 0) is 28.7 Å². The van der Waals surface area contributed by atoms with Crippen molar-refractivity contribution in [3.05, 3.63) is 107 Å². The first kappa shape index (κ1) is 24.5. The third-order valence-electron chi connectivity index (χ3n) is 6.39. The van der Waals surface area contributed by atoms with Crippen LogP contribution in [0, 0.1) is 0 Å². The number of hydrogen-bond acceptors (Lipinski definition) is 5. The molecule has 0 aromatic heterocycles. The number of primary amides is 1. The minimum absolute atomic E-state index is 0.415. The van der Waals surface area contributed by atoms with E-state index in [4.69, 9.17) is 16.2 Å². The van der Waals surface area contributed by atoms with Crippen LogP contribution in [0.4, 0.5) is 0 Å². The Morgan fingerprint density at radius 2 is 1.41 bits per heavy atom. The van der Waals surface area contributed by atoms with Crippen molar-refractivity contribution in [3.63, 3.8) is 0 Å². The van der Waals surface area contributed by atoms with E-state index in [1.165, 1.54) is 5.56 Å². The highest BCUT2D eigenvalue weighted by atomic mass is 32.2. The van der Waals surface area contributed by atoms with E-state index in [9.17, 15) is 4.79 Å². The second-order valence-corrected chi connectivity index (χ2v) is 9.87. The van der Waals surface area contributed by atoms with Crippen LogP contribution in [-0.2, 0) is 20.7 Å². The van der Waals surface area contributed by atoms with Gasteiger partial charge in [0.1, 0.15) is 0 Å². The van der Waals surface area contributed by atoms with E-state index in [0.29, 0.717) is 5.75 Å². The number of carbonyl (C=O) groups excluding carboxylic acids is 1. The standard InChI is InChI=1S/C28H33N3O2S/c29-26(27(30)32)21-34-28(23-7-3-1-4-8-23,24-9-5-2-6-10-24)25-13-11-22(12-14-25)15-16-31-17-19-33-20-18-31/h1-14,26H,15-21,29H2,(H2,30,32)/t26-/m0/s1. The molecule has 34 heavy (non-hydrogen) atoms. The number of hydrogen-bond donors (Lipinski definition) is 2. The zero-order chi connectivity index (χ0) is 23.8. The van der Waals surface area contributed by atoms with Gasteiger partial charge in [0.2, 0.25) is 5.91 Å². The van der Waals surface area contributed by atoms with Crippen molar-refractivity contribution in [2.75, 3.05) is 38.6 Å². The summed E-state index contributed by atoms with van der Waals surface area (Å²) in [6.45, 7) is 4.67. The minimum Gasteiger partial charge on any atom is -0.379 e. The molecule has 0 aliphatic carbocycles. The zero-order valence-electron chi connectivity index (χ0n) is 19.4. The number of morpholine rings is 1. The van der Waals surface area contributed by atoms with Crippen molar-refractivity contribution < 1.29 is 9.53 Å². The molecule has 5 nitrogen and oxygen atoms in total. The molecule has 0 saturated carbocycles. The molecule has 0 spiro atoms. The molecule has 0 radical (unpaired) electrons. The summed E-state index contributed by atoms with van der Waals surface area (Å²) in [5.74, 6) is -0.0706. The van der Waals surface area contributed by atoms with Crippen molar-refractivity contribution >= 4 is 17.7 Å². The normalized spacial score (nSPS) is 15.7. The van der Waals surface area contributed by atoms with Gasteiger partial charge in [-0.25, -0.2) is 0 Å². The van der Waals surface area contributed by atoms with Gasteiger partial charge < -0.3 is 16.2 Å². The van der Waals surface area contributed by atoms with Crippen LogP contribution in [0.3, 0.4) is 0 Å². The fourth-order valence-electron chi connectivity index (χ4n) is 4.41. The van der Waals surface area contributed by atoms with E-state index in [0.717, 1.165) is 56.0 Å². The number of benzene rings is 3. The summed E-state index contributed by atoms with van der Waals surface area (Å²) in [4.78, 5) is 14.2. The van der Waals surface area contributed by atoms with Gasteiger partial charge in [-0.15, -0.1) is 11.8 Å². The van der Waals surface area contributed by atoms with E-state index in [1.807, 2.05) is 12.1 Å². The van der Waals surface area contributed by atoms with Gasteiger partial charge in [0.15, 0.2) is 0 Å². The molecular weight excluding hydrogens is 442 g/mol. The highest BCUT2D eigenvalue weighted by Crippen LogP contribution is 2.48. The molecule has 0 bridgehead atoms. The highest BCUT2D eigenvalue weighted by molar-refractivity contribution is 8.00. The Balaban J connectivity index is 1.68. The Kier molecular flexibility index (Phi) is 8.40. The maximum absolute atomic E-state index is 11.7. The molecule has 1 aliphatic heterocycles. The molecule has 1 amide bonds. The van der Waals surface area contributed by atoms with Gasteiger partial charge in [-0.1, -0.05) is 84.9 Å². The molecule has 4 N–H and O–H groups in total. The van der Waals surface area contributed by atoms with Gasteiger partial charge in [0.05, 0.1) is 24.0 Å². The second-order valence-electron chi connectivity index (χ2n) is 8.63. The van der Waals surface area contributed by atoms with Crippen molar-refractivity contribution in [2.24, 2.45) is 11.5 Å². The third kappa shape index (κ3) is 5.70. The van der Waals surface area contributed by atoms with Crippen molar-refractivity contribution in [1.82, 2.24) is 4.90 Å². The molecule has 3 aromatic rings. The van der Waals surface area contributed by atoms with Gasteiger partial charge in [-0.3, -0.25) is 9.69 Å². The molecule has 3 aromatic carbocycles. The highest BCUT2D eigenvalue weighted by Gasteiger charge is 2.37. The summed E-state index contributed by atoms with van der Waals surface area (Å²) in [5, 5.41) is 0. The van der Waals surface area contributed by atoms with Crippen LogP contribution in [0.15, 0.2) is 84.9 Å². The minimum atomic E-state index is -0.718. The molecule has 1 heterocycles. The van der Waals surface area contributed by atoms with Gasteiger partial charge >= 0.3 is 0 Å². The van der Waals surface area contributed by atoms with E-state index < -0.39 is 16.7 Å². The van der Waals surface area contributed by atoms with Crippen LogP contribution >= 0.6 is 11.8 Å². The topological polar surface area (TPSA) is 81.6 Å². The lowest BCUT2D eigenvalue weighted by Crippen LogP contribution is -2.40. The predicted octanol–water partition coefficient (Wildman–Crippen LogP) is 3.40. The SMILES string of the molecule is NC(=O)[C@@H](N)CSC(c1ccccc1)(c1ccccc1)c1ccc(CCN2CCOCC2)cc1. The van der Waals surface area contributed by atoms with Crippen molar-refractivity contribution in [1.29, 1.82) is 0 Å². The van der Waals surface area contributed by atoms with Gasteiger partial charge in [0.25, 0.3) is 0 Å². The Morgan fingerprint density at radius 1 is 0.882 bits per heavy atom. The first-order valence-electron chi connectivity index (χ1n) is 11.8. The first-order chi connectivity index (χ1) is 16.6. The number of thioether (sulfide) groups is 1. The average Bonchev–Trinajstić information content (AvgIpc) is 2.90. The van der Waals surface area contributed by atoms with Crippen LogP contribution in [0.2, 0.25) is 0 Å². The summed E-state index contributed by atoms with van der Waals surface area (Å²) in [6, 6.07) is 29.0.